The van der Waals surface area contributed by atoms with Crippen molar-refractivity contribution in [3.63, 3.8) is 0 Å². The van der Waals surface area contributed by atoms with E-state index in [-0.39, 0.29) is 51.2 Å². The highest BCUT2D eigenvalue weighted by molar-refractivity contribution is 5.96. The van der Waals surface area contributed by atoms with Gasteiger partial charge in [-0.2, -0.15) is 0 Å². The summed E-state index contributed by atoms with van der Waals surface area (Å²) in [4.78, 5) is 35.2. The highest BCUT2D eigenvalue weighted by Crippen LogP contribution is 2.37. The minimum Gasteiger partial charge on any atom is -0.493 e. The zero-order chi connectivity index (χ0) is 28.8. The lowest BCUT2D eigenvalue weighted by Crippen LogP contribution is -2.25. The first-order chi connectivity index (χ1) is 19.9. The number of nitrogens with one attached hydrogen (secondary N) is 1. The third kappa shape index (κ3) is 7.47. The number of ether oxygens (including phenoxy) is 4. The standard InChI is InChI=1S/C31H31NO9/c33-29(34)5-2-12-38-26-4-1-3-20(25(26)9-11-30(35)36)17-39-24-14-21(13-22(15-24)31(37)32-23-7-8-23)19-6-10-27-28(16-19)41-18-40-27/h1,3-4,6,10,13-16,23H,2,5,7-9,11-12,17-18H2,(H,32,37)(H,33,34)(H,35,36). The summed E-state index contributed by atoms with van der Waals surface area (Å²) in [6.45, 7) is 0.451. The van der Waals surface area contributed by atoms with Gasteiger partial charge in [0.15, 0.2) is 11.5 Å². The molecule has 41 heavy (non-hydrogen) atoms. The average Bonchev–Trinajstić information content (AvgIpc) is 3.65. The Balaban J connectivity index is 1.39. The molecule has 10 nitrogen and oxygen atoms in total. The van der Waals surface area contributed by atoms with Gasteiger partial charge in [-0.3, -0.25) is 14.4 Å². The summed E-state index contributed by atoms with van der Waals surface area (Å²) in [6.07, 6.45) is 2.34. The number of carboxylic acid groups (broad SMARTS) is 2. The van der Waals surface area contributed by atoms with E-state index in [1.165, 1.54) is 0 Å². The Labute approximate surface area is 236 Å². The number of carbonyl (C=O) groups is 3. The Morgan fingerprint density at radius 1 is 0.878 bits per heavy atom. The lowest BCUT2D eigenvalue weighted by molar-refractivity contribution is -0.138. The number of hydrogen-bond donors (Lipinski definition) is 3. The molecule has 0 radical (unpaired) electrons. The fourth-order valence-electron chi connectivity index (χ4n) is 4.52. The number of rotatable bonds is 14. The first-order valence-electron chi connectivity index (χ1n) is 13.5. The SMILES string of the molecule is O=C(O)CCCOc1cccc(COc2cc(C(=O)NC3CC3)cc(-c3ccc4c(c3)OCO4)c2)c1CCC(=O)O. The van der Waals surface area contributed by atoms with Gasteiger partial charge in [-0.25, -0.2) is 0 Å². The minimum atomic E-state index is -0.944. The number of amides is 1. The van der Waals surface area contributed by atoms with Gasteiger partial charge in [0.1, 0.15) is 18.1 Å². The Morgan fingerprint density at radius 3 is 2.46 bits per heavy atom. The normalized spacial score (nSPS) is 13.5. The van der Waals surface area contributed by atoms with Gasteiger partial charge in [-0.05, 0) is 78.8 Å². The second-order valence-corrected chi connectivity index (χ2v) is 9.98. The Hall–Kier alpha value is -4.73. The summed E-state index contributed by atoms with van der Waals surface area (Å²) in [7, 11) is 0. The number of carbonyl (C=O) groups excluding carboxylic acids is 1. The molecule has 3 aromatic rings. The van der Waals surface area contributed by atoms with Gasteiger partial charge in [-0.15, -0.1) is 0 Å². The van der Waals surface area contributed by atoms with E-state index >= 15 is 0 Å². The van der Waals surface area contributed by atoms with Crippen LogP contribution in [0.2, 0.25) is 0 Å². The lowest BCUT2D eigenvalue weighted by atomic mass is 10.0. The molecule has 5 rings (SSSR count). The molecule has 1 aliphatic carbocycles. The van der Waals surface area contributed by atoms with Crippen LogP contribution >= 0.6 is 0 Å². The minimum absolute atomic E-state index is 0.0242. The second-order valence-electron chi connectivity index (χ2n) is 9.98. The van der Waals surface area contributed by atoms with Crippen LogP contribution in [-0.4, -0.2) is 47.5 Å². The van der Waals surface area contributed by atoms with Crippen molar-refractivity contribution in [2.75, 3.05) is 13.4 Å². The van der Waals surface area contributed by atoms with Crippen LogP contribution in [0.3, 0.4) is 0 Å². The third-order valence-electron chi connectivity index (χ3n) is 6.79. The quantitative estimate of drug-likeness (QED) is 0.236. The summed E-state index contributed by atoms with van der Waals surface area (Å²) in [5, 5.41) is 21.2. The van der Waals surface area contributed by atoms with Crippen molar-refractivity contribution < 1.29 is 43.5 Å². The molecule has 1 fully saturated rings. The van der Waals surface area contributed by atoms with E-state index in [1.54, 1.807) is 18.2 Å². The van der Waals surface area contributed by atoms with Gasteiger partial charge >= 0.3 is 11.9 Å². The largest absolute Gasteiger partial charge is 0.493 e. The molecule has 0 aromatic heterocycles. The Bertz CT molecular complexity index is 1450. The van der Waals surface area contributed by atoms with Gasteiger partial charge < -0.3 is 34.5 Å². The summed E-state index contributed by atoms with van der Waals surface area (Å²) < 4.78 is 23.0. The van der Waals surface area contributed by atoms with Gasteiger partial charge in [-0.1, -0.05) is 18.2 Å². The first kappa shape index (κ1) is 27.8. The Kier molecular flexibility index (Phi) is 8.57. The molecule has 0 unspecified atom stereocenters. The van der Waals surface area contributed by atoms with Crippen molar-refractivity contribution in [3.05, 3.63) is 71.3 Å². The fraction of sp³-hybridized carbons (Fsp3) is 0.323. The monoisotopic (exact) mass is 561 g/mol. The average molecular weight is 562 g/mol. The molecule has 3 aromatic carbocycles. The molecule has 1 amide bonds. The molecule has 3 N–H and O–H groups in total. The fourth-order valence-corrected chi connectivity index (χ4v) is 4.52. The highest BCUT2D eigenvalue weighted by Gasteiger charge is 2.24. The number of benzene rings is 3. The molecule has 214 valence electrons. The van der Waals surface area contributed by atoms with Crippen molar-refractivity contribution in [2.45, 2.75) is 51.2 Å². The van der Waals surface area contributed by atoms with E-state index in [1.807, 2.05) is 36.4 Å². The lowest BCUT2D eigenvalue weighted by Gasteiger charge is -2.17. The van der Waals surface area contributed by atoms with Crippen molar-refractivity contribution in [1.29, 1.82) is 0 Å². The van der Waals surface area contributed by atoms with Crippen molar-refractivity contribution in [3.8, 4) is 34.1 Å². The third-order valence-corrected chi connectivity index (χ3v) is 6.79. The molecule has 2 aliphatic rings. The Morgan fingerprint density at radius 2 is 1.68 bits per heavy atom. The predicted molar refractivity (Wildman–Crippen MR) is 148 cm³/mol. The molecule has 1 aliphatic heterocycles. The van der Waals surface area contributed by atoms with Crippen LogP contribution in [0.25, 0.3) is 11.1 Å². The smallest absolute Gasteiger partial charge is 0.303 e. The number of hydrogen-bond acceptors (Lipinski definition) is 7. The van der Waals surface area contributed by atoms with Crippen LogP contribution in [-0.2, 0) is 22.6 Å². The molecule has 0 atom stereocenters. The summed E-state index contributed by atoms with van der Waals surface area (Å²) in [5.74, 6) is 0.219. The van der Waals surface area contributed by atoms with Crippen LogP contribution in [0.4, 0.5) is 0 Å². The van der Waals surface area contributed by atoms with Gasteiger partial charge in [0.2, 0.25) is 6.79 Å². The maximum absolute atomic E-state index is 13.0. The second kappa shape index (κ2) is 12.6. The summed E-state index contributed by atoms with van der Waals surface area (Å²) in [6, 6.07) is 16.5. The maximum atomic E-state index is 13.0. The first-order valence-corrected chi connectivity index (χ1v) is 13.5. The number of carboxylic acids is 2. The highest BCUT2D eigenvalue weighted by atomic mass is 16.7. The number of fused-ring (bicyclic) bond motifs is 1. The van der Waals surface area contributed by atoms with Crippen molar-refractivity contribution >= 4 is 17.8 Å². The molecule has 1 heterocycles. The van der Waals surface area contributed by atoms with Crippen LogP contribution in [0, 0.1) is 0 Å². The number of aliphatic carboxylic acids is 2. The molecular formula is C31H31NO9. The van der Waals surface area contributed by atoms with Gasteiger partial charge in [0.25, 0.3) is 5.91 Å². The van der Waals surface area contributed by atoms with Crippen molar-refractivity contribution in [1.82, 2.24) is 5.32 Å². The molecular weight excluding hydrogens is 530 g/mol. The van der Waals surface area contributed by atoms with E-state index in [0.29, 0.717) is 40.5 Å². The predicted octanol–water partition coefficient (Wildman–Crippen LogP) is 4.81. The van der Waals surface area contributed by atoms with Crippen LogP contribution in [0.1, 0.15) is 53.6 Å². The zero-order valence-corrected chi connectivity index (χ0v) is 22.4. The van der Waals surface area contributed by atoms with E-state index < -0.39 is 11.9 Å². The molecule has 0 spiro atoms. The molecule has 0 bridgehead atoms. The van der Waals surface area contributed by atoms with Crippen LogP contribution in [0.5, 0.6) is 23.0 Å². The van der Waals surface area contributed by atoms with Gasteiger partial charge in [0, 0.05) is 30.0 Å². The van der Waals surface area contributed by atoms with E-state index in [9.17, 15) is 19.5 Å². The summed E-state index contributed by atoms with van der Waals surface area (Å²) in [5.41, 5.74) is 3.48. The molecule has 10 heteroatoms. The summed E-state index contributed by atoms with van der Waals surface area (Å²) >= 11 is 0. The zero-order valence-electron chi connectivity index (χ0n) is 22.4. The topological polar surface area (TPSA) is 141 Å². The van der Waals surface area contributed by atoms with Crippen LogP contribution in [0.15, 0.2) is 54.6 Å². The molecule has 1 saturated carbocycles. The molecule has 0 saturated heterocycles. The van der Waals surface area contributed by atoms with Crippen molar-refractivity contribution in [2.24, 2.45) is 0 Å². The van der Waals surface area contributed by atoms with E-state index in [4.69, 9.17) is 24.1 Å². The van der Waals surface area contributed by atoms with Crippen LogP contribution < -0.4 is 24.3 Å². The van der Waals surface area contributed by atoms with E-state index in [2.05, 4.69) is 5.32 Å². The maximum Gasteiger partial charge on any atom is 0.303 e. The van der Waals surface area contributed by atoms with E-state index in [0.717, 1.165) is 29.5 Å². The van der Waals surface area contributed by atoms with Gasteiger partial charge in [0.05, 0.1) is 6.61 Å².